The lowest BCUT2D eigenvalue weighted by Gasteiger charge is -2.18. The quantitative estimate of drug-likeness (QED) is 0.229. The maximum atomic E-state index is 14.8. The zero-order chi connectivity index (χ0) is 27.2. The molecule has 0 bridgehead atoms. The van der Waals surface area contributed by atoms with E-state index >= 15 is 0 Å². The molecule has 6 N–H and O–H groups in total. The van der Waals surface area contributed by atoms with E-state index in [-0.39, 0.29) is 29.2 Å². The number of hydrogen-bond donors (Lipinski definition) is 5. The number of imidazole rings is 1. The Balaban J connectivity index is 1.38. The summed E-state index contributed by atoms with van der Waals surface area (Å²) in [6.45, 7) is 0.161. The number of halogens is 2. The van der Waals surface area contributed by atoms with Crippen LogP contribution in [0.2, 0.25) is 0 Å². The minimum atomic E-state index is -1.19. The van der Waals surface area contributed by atoms with E-state index in [9.17, 15) is 28.3 Å². The predicted octanol–water partition coefficient (Wildman–Crippen LogP) is 2.96. The molecule has 3 aromatic rings. The van der Waals surface area contributed by atoms with Crippen molar-refractivity contribution in [1.29, 1.82) is 0 Å². The number of aliphatic carboxylic acids is 1. The second-order valence-electron chi connectivity index (χ2n) is 8.46. The molecule has 1 fully saturated rings. The monoisotopic (exact) mass is 543 g/mol. The van der Waals surface area contributed by atoms with E-state index in [1.54, 1.807) is 18.3 Å². The molecule has 2 heterocycles. The van der Waals surface area contributed by atoms with Crippen LogP contribution in [0.25, 0.3) is 6.08 Å². The average Bonchev–Trinajstić information content (AvgIpc) is 3.48. The molecule has 0 radical (unpaired) electrons. The molecule has 0 saturated carbocycles. The van der Waals surface area contributed by atoms with Crippen molar-refractivity contribution in [3.8, 4) is 11.5 Å². The lowest BCUT2D eigenvalue weighted by Crippen LogP contribution is -2.45. The Morgan fingerprint density at radius 3 is 2.47 bits per heavy atom. The number of rotatable bonds is 11. The Labute approximate surface area is 219 Å². The van der Waals surface area contributed by atoms with Gasteiger partial charge in [0.25, 0.3) is 11.1 Å². The van der Waals surface area contributed by atoms with Crippen LogP contribution in [0.4, 0.5) is 13.6 Å². The number of imide groups is 1. The number of carboxylic acid groups (broad SMARTS) is 1. The van der Waals surface area contributed by atoms with E-state index in [1.165, 1.54) is 24.5 Å². The molecule has 10 nitrogen and oxygen atoms in total. The molecule has 1 aliphatic rings. The third kappa shape index (κ3) is 7.03. The molecule has 0 spiro atoms. The lowest BCUT2D eigenvalue weighted by molar-refractivity contribution is -0.139. The van der Waals surface area contributed by atoms with E-state index in [4.69, 9.17) is 10.5 Å². The zero-order valence-corrected chi connectivity index (χ0v) is 20.6. The zero-order valence-electron chi connectivity index (χ0n) is 19.7. The molecule has 38 heavy (non-hydrogen) atoms. The van der Waals surface area contributed by atoms with Gasteiger partial charge < -0.3 is 25.9 Å². The molecular weight excluding hydrogens is 520 g/mol. The van der Waals surface area contributed by atoms with Crippen molar-refractivity contribution in [2.24, 2.45) is 5.73 Å². The van der Waals surface area contributed by atoms with Gasteiger partial charge in [0.15, 0.2) is 17.4 Å². The minimum Gasteiger partial charge on any atom is -0.480 e. The Bertz CT molecular complexity index is 1340. The molecule has 2 amide bonds. The summed E-state index contributed by atoms with van der Waals surface area (Å²) in [5.74, 6) is -4.19. The summed E-state index contributed by atoms with van der Waals surface area (Å²) < 4.78 is 34.9. The molecule has 1 aliphatic heterocycles. The molecule has 2 unspecified atom stereocenters. The Morgan fingerprint density at radius 1 is 1.18 bits per heavy atom. The van der Waals surface area contributed by atoms with Gasteiger partial charge in [0.2, 0.25) is 0 Å². The number of H-pyrrole nitrogens is 1. The SMILES string of the molecule is NC(CNC(Cc1cc(F)c(Oc2ccc(C=C3SC(=O)NC3=O)cc2)c(F)c1)C(=O)O)Cc1cnc[nH]1. The number of amides is 2. The summed E-state index contributed by atoms with van der Waals surface area (Å²) in [6.07, 6.45) is 4.90. The van der Waals surface area contributed by atoms with E-state index in [0.29, 0.717) is 12.0 Å². The smallest absolute Gasteiger partial charge is 0.321 e. The molecule has 2 aromatic carbocycles. The van der Waals surface area contributed by atoms with Crippen LogP contribution in [-0.2, 0) is 22.4 Å². The number of nitrogens with one attached hydrogen (secondary N) is 3. The van der Waals surface area contributed by atoms with E-state index in [0.717, 1.165) is 29.6 Å². The van der Waals surface area contributed by atoms with Crippen LogP contribution >= 0.6 is 11.8 Å². The highest BCUT2D eigenvalue weighted by Crippen LogP contribution is 2.30. The van der Waals surface area contributed by atoms with Gasteiger partial charge in [-0.2, -0.15) is 0 Å². The Morgan fingerprint density at radius 2 is 1.89 bits per heavy atom. The summed E-state index contributed by atoms with van der Waals surface area (Å²) in [5.41, 5.74) is 7.54. The lowest BCUT2D eigenvalue weighted by atomic mass is 10.0. The van der Waals surface area contributed by atoms with Gasteiger partial charge in [-0.15, -0.1) is 0 Å². The number of nitrogens with zero attached hydrogens (tertiary/aromatic N) is 1. The second-order valence-corrected chi connectivity index (χ2v) is 9.47. The number of nitrogens with two attached hydrogens (primary N) is 1. The second kappa shape index (κ2) is 12.0. The first-order valence-corrected chi connectivity index (χ1v) is 12.2. The number of aromatic nitrogens is 2. The fourth-order valence-corrected chi connectivity index (χ4v) is 4.36. The summed E-state index contributed by atoms with van der Waals surface area (Å²) in [5, 5.41) is 14.1. The first-order chi connectivity index (χ1) is 18.2. The maximum absolute atomic E-state index is 14.8. The topological polar surface area (TPSA) is 159 Å². The number of thioether (sulfide) groups is 1. The van der Waals surface area contributed by atoms with Crippen molar-refractivity contribution in [2.75, 3.05) is 6.54 Å². The summed E-state index contributed by atoms with van der Waals surface area (Å²) in [6, 6.07) is 6.54. The van der Waals surface area contributed by atoms with Crippen LogP contribution in [0, 0.1) is 11.6 Å². The van der Waals surface area contributed by atoms with E-state index in [1.807, 2.05) is 0 Å². The van der Waals surface area contributed by atoms with Crippen LogP contribution in [-0.4, -0.2) is 50.8 Å². The molecule has 2 atom stereocenters. The number of carbonyl (C=O) groups excluding carboxylic acids is 2. The van der Waals surface area contributed by atoms with Gasteiger partial charge in [-0.3, -0.25) is 19.7 Å². The maximum Gasteiger partial charge on any atom is 0.321 e. The molecule has 1 aromatic heterocycles. The summed E-state index contributed by atoms with van der Waals surface area (Å²) in [7, 11) is 0. The van der Waals surface area contributed by atoms with Gasteiger partial charge in [-0.1, -0.05) is 12.1 Å². The highest BCUT2D eigenvalue weighted by molar-refractivity contribution is 8.18. The third-order valence-electron chi connectivity index (χ3n) is 5.50. The Kier molecular flexibility index (Phi) is 8.51. The normalized spacial score (nSPS) is 15.9. The fraction of sp³-hybridized carbons (Fsp3) is 0.200. The van der Waals surface area contributed by atoms with Gasteiger partial charge in [-0.25, -0.2) is 13.8 Å². The number of carbonyl (C=O) groups is 3. The largest absolute Gasteiger partial charge is 0.480 e. The van der Waals surface area contributed by atoms with Crippen LogP contribution in [0.3, 0.4) is 0 Å². The minimum absolute atomic E-state index is 0.123. The van der Waals surface area contributed by atoms with Crippen molar-refractivity contribution in [1.82, 2.24) is 20.6 Å². The molecule has 4 rings (SSSR count). The molecular formula is C25H23F2N5O5S. The summed E-state index contributed by atoms with van der Waals surface area (Å²) >= 11 is 0.771. The number of carboxylic acids is 1. The van der Waals surface area contributed by atoms with Gasteiger partial charge in [0, 0.05) is 30.9 Å². The molecule has 198 valence electrons. The van der Waals surface area contributed by atoms with Gasteiger partial charge in [0.1, 0.15) is 11.8 Å². The van der Waals surface area contributed by atoms with Gasteiger partial charge in [0.05, 0.1) is 11.2 Å². The van der Waals surface area contributed by atoms with Crippen molar-refractivity contribution >= 4 is 35.0 Å². The highest BCUT2D eigenvalue weighted by Gasteiger charge is 2.25. The number of hydrogen-bond acceptors (Lipinski definition) is 8. The van der Waals surface area contributed by atoms with Crippen LogP contribution in [0.5, 0.6) is 11.5 Å². The average molecular weight is 544 g/mol. The highest BCUT2D eigenvalue weighted by atomic mass is 32.2. The number of aromatic amines is 1. The fourth-order valence-electron chi connectivity index (χ4n) is 3.68. The van der Waals surface area contributed by atoms with E-state index < -0.39 is 46.6 Å². The molecule has 1 saturated heterocycles. The first-order valence-electron chi connectivity index (χ1n) is 11.4. The van der Waals surface area contributed by atoms with Crippen LogP contribution in [0.1, 0.15) is 16.8 Å². The number of benzene rings is 2. The molecule has 13 heteroatoms. The first kappa shape index (κ1) is 27.0. The van der Waals surface area contributed by atoms with Crippen molar-refractivity contribution in [2.45, 2.75) is 24.9 Å². The Hall–Kier alpha value is -4.07. The van der Waals surface area contributed by atoms with Crippen molar-refractivity contribution in [3.05, 3.63) is 82.3 Å². The number of ether oxygens (including phenoxy) is 1. The van der Waals surface area contributed by atoms with Crippen LogP contribution in [0.15, 0.2) is 53.8 Å². The third-order valence-corrected chi connectivity index (χ3v) is 6.31. The predicted molar refractivity (Wildman–Crippen MR) is 135 cm³/mol. The van der Waals surface area contributed by atoms with Crippen LogP contribution < -0.4 is 21.1 Å². The standard InChI is InChI=1S/C25H23F2N5O5S/c26-18-5-14(7-20(24(34)35)30-10-15(28)9-16-11-29-12-31-16)6-19(27)22(18)37-17-3-1-13(2-4-17)8-21-23(33)32-25(36)38-21/h1-6,8,11-12,15,20,30H,7,9-10,28H2,(H,29,31)(H,34,35)(H,32,33,36). The van der Waals surface area contributed by atoms with Crippen molar-refractivity contribution in [3.63, 3.8) is 0 Å². The van der Waals surface area contributed by atoms with Gasteiger partial charge in [-0.05, 0) is 59.7 Å². The van der Waals surface area contributed by atoms with Gasteiger partial charge >= 0.3 is 5.97 Å². The summed E-state index contributed by atoms with van der Waals surface area (Å²) in [4.78, 5) is 41.7. The van der Waals surface area contributed by atoms with E-state index in [2.05, 4.69) is 20.6 Å². The van der Waals surface area contributed by atoms with Crippen molar-refractivity contribution < 1.29 is 33.0 Å². The molecule has 0 aliphatic carbocycles.